The molecule has 3 aromatic carbocycles. The lowest BCUT2D eigenvalue weighted by molar-refractivity contribution is -0.104. The van der Waals surface area contributed by atoms with E-state index in [1.165, 1.54) is 38.6 Å². The van der Waals surface area contributed by atoms with Gasteiger partial charge in [0, 0.05) is 22.1 Å². The number of halogens is 2. The Balaban J connectivity index is 2.00. The van der Waals surface area contributed by atoms with Gasteiger partial charge in [0.2, 0.25) is 0 Å². The summed E-state index contributed by atoms with van der Waals surface area (Å²) in [5, 5.41) is 3.35. The van der Waals surface area contributed by atoms with Crippen LogP contribution in [0.15, 0.2) is 77.8 Å². The summed E-state index contributed by atoms with van der Waals surface area (Å²) in [6, 6.07) is 21.8. The number of aldehydes is 1. The first kappa shape index (κ1) is 19.0. The maximum atomic E-state index is 11.5. The fraction of sp³-hybridized carbons (Fsp3) is 0.192. The first-order valence-electron chi connectivity index (χ1n) is 9.75. The van der Waals surface area contributed by atoms with Gasteiger partial charge in [0.15, 0.2) is 0 Å². The van der Waals surface area contributed by atoms with Crippen molar-refractivity contribution >= 4 is 54.5 Å². The van der Waals surface area contributed by atoms with E-state index in [4.69, 9.17) is 0 Å². The van der Waals surface area contributed by atoms with Gasteiger partial charge < -0.3 is 0 Å². The number of hydrogen-bond acceptors (Lipinski definition) is 1. The summed E-state index contributed by atoms with van der Waals surface area (Å²) in [6.07, 6.45) is 4.73. The summed E-state index contributed by atoms with van der Waals surface area (Å²) in [7, 11) is 0. The van der Waals surface area contributed by atoms with Gasteiger partial charge >= 0.3 is 0 Å². The molecule has 0 aliphatic heterocycles. The molecule has 3 atom stereocenters. The van der Waals surface area contributed by atoms with Crippen molar-refractivity contribution in [1.82, 2.24) is 0 Å². The van der Waals surface area contributed by atoms with Crippen LogP contribution in [0.4, 0.5) is 0 Å². The lowest BCUT2D eigenvalue weighted by Gasteiger charge is -2.43. The summed E-state index contributed by atoms with van der Waals surface area (Å²) >= 11 is 7.55. The molecule has 0 amide bonds. The summed E-state index contributed by atoms with van der Waals surface area (Å²) in [5.74, 6) is 0.155. The van der Waals surface area contributed by atoms with Crippen LogP contribution in [0.25, 0.3) is 16.3 Å². The van der Waals surface area contributed by atoms with Crippen molar-refractivity contribution in [3.8, 4) is 0 Å². The van der Waals surface area contributed by atoms with Gasteiger partial charge in [-0.25, -0.2) is 0 Å². The third-order valence-electron chi connectivity index (χ3n) is 7.04. The van der Waals surface area contributed by atoms with Crippen molar-refractivity contribution in [1.29, 1.82) is 0 Å². The number of fused-ring (bicyclic) bond motifs is 7. The van der Waals surface area contributed by atoms with Gasteiger partial charge in [-0.15, -0.1) is 0 Å². The van der Waals surface area contributed by atoms with Crippen LogP contribution in [0.2, 0.25) is 0 Å². The number of hydrogen-bond donors (Lipinski definition) is 0. The highest BCUT2D eigenvalue weighted by molar-refractivity contribution is 9.11. The number of carbonyl (C=O) groups is 1. The Kier molecular flexibility index (Phi) is 4.45. The number of allylic oxidation sites excluding steroid dienone is 3. The summed E-state index contributed by atoms with van der Waals surface area (Å²) in [5.41, 5.74) is 6.00. The average Bonchev–Trinajstić information content (AvgIpc) is 3.18. The topological polar surface area (TPSA) is 17.1 Å². The van der Waals surface area contributed by atoms with Crippen molar-refractivity contribution in [2.24, 2.45) is 5.41 Å². The molecule has 0 N–H and O–H groups in total. The molecule has 0 radical (unpaired) electrons. The van der Waals surface area contributed by atoms with Crippen molar-refractivity contribution < 1.29 is 4.79 Å². The smallest absolute Gasteiger partial charge is 0.142 e. The third-order valence-corrected chi connectivity index (χ3v) is 8.62. The van der Waals surface area contributed by atoms with E-state index in [2.05, 4.69) is 111 Å². The molecule has 2 aliphatic carbocycles. The van der Waals surface area contributed by atoms with Crippen molar-refractivity contribution in [2.75, 3.05) is 5.33 Å². The van der Waals surface area contributed by atoms with Crippen molar-refractivity contribution in [2.45, 2.75) is 18.3 Å². The lowest BCUT2D eigenvalue weighted by Crippen LogP contribution is -2.41. The lowest BCUT2D eigenvalue weighted by atomic mass is 9.60. The Morgan fingerprint density at radius 2 is 1.79 bits per heavy atom. The monoisotopic (exact) mass is 506 g/mol. The normalized spacial score (nSPS) is 28.7. The molecule has 0 saturated heterocycles. The second-order valence-corrected chi connectivity index (χ2v) is 9.14. The Labute approximate surface area is 187 Å². The van der Waals surface area contributed by atoms with Gasteiger partial charge in [0.05, 0.1) is 0 Å². The molecule has 1 nitrogen and oxygen atoms in total. The van der Waals surface area contributed by atoms with E-state index in [0.717, 1.165) is 11.6 Å². The van der Waals surface area contributed by atoms with E-state index >= 15 is 0 Å². The second kappa shape index (κ2) is 6.78. The molecule has 0 unspecified atom stereocenters. The molecule has 2 aliphatic rings. The van der Waals surface area contributed by atoms with E-state index in [1.54, 1.807) is 6.08 Å². The maximum Gasteiger partial charge on any atom is 0.142 e. The Morgan fingerprint density at radius 3 is 2.55 bits per heavy atom. The third kappa shape index (κ3) is 2.23. The van der Waals surface area contributed by atoms with Crippen LogP contribution in [0, 0.1) is 5.41 Å². The van der Waals surface area contributed by atoms with E-state index in [9.17, 15) is 4.79 Å². The van der Waals surface area contributed by atoms with Crippen LogP contribution in [-0.4, -0.2) is 11.6 Å². The molecule has 144 valence electrons. The molecule has 0 saturated carbocycles. The first-order chi connectivity index (χ1) is 14.1. The molecule has 0 spiro atoms. The first-order valence-corrected chi connectivity index (χ1v) is 11.8. The number of alkyl halides is 1. The fourth-order valence-electron chi connectivity index (χ4n) is 5.82. The van der Waals surface area contributed by atoms with Crippen LogP contribution in [-0.2, 0) is 10.2 Å². The summed E-state index contributed by atoms with van der Waals surface area (Å²) < 4.78 is 0. The van der Waals surface area contributed by atoms with Crippen LogP contribution in [0.3, 0.4) is 0 Å². The zero-order valence-corrected chi connectivity index (χ0v) is 19.2. The van der Waals surface area contributed by atoms with Crippen LogP contribution in [0.5, 0.6) is 0 Å². The van der Waals surface area contributed by atoms with E-state index in [1.807, 2.05) is 0 Å². The highest BCUT2D eigenvalue weighted by Gasteiger charge is 2.64. The molecule has 3 heteroatoms. The predicted molar refractivity (Wildman–Crippen MR) is 128 cm³/mol. The zero-order valence-electron chi connectivity index (χ0n) is 16.0. The summed E-state index contributed by atoms with van der Waals surface area (Å²) in [6.45, 7) is 2.33. The number of rotatable bonds is 3. The van der Waals surface area contributed by atoms with Crippen LogP contribution in [0.1, 0.15) is 35.1 Å². The minimum atomic E-state index is -0.350. The largest absolute Gasteiger partial charge is 0.299 e. The number of carbonyl (C=O) groups excluding carboxylic acids is 1. The van der Waals surface area contributed by atoms with Gasteiger partial charge in [-0.3, -0.25) is 4.79 Å². The molecule has 29 heavy (non-hydrogen) atoms. The fourth-order valence-corrected chi connectivity index (χ4v) is 7.21. The maximum absolute atomic E-state index is 11.5. The minimum Gasteiger partial charge on any atom is -0.299 e. The zero-order chi connectivity index (χ0) is 20.2. The van der Waals surface area contributed by atoms with Gasteiger partial charge in [-0.1, -0.05) is 106 Å². The van der Waals surface area contributed by atoms with Crippen molar-refractivity contribution in [3.63, 3.8) is 0 Å². The highest BCUT2D eigenvalue weighted by atomic mass is 79.9. The highest BCUT2D eigenvalue weighted by Crippen LogP contribution is 2.72. The Bertz CT molecular complexity index is 1210. The van der Waals surface area contributed by atoms with E-state index < -0.39 is 0 Å². The SMILES string of the molecule is C[C@@]1(CBr)c2ccc3ccccc3c2[C@@H]2c3ccccc3/C(=C\Br)[C@@]21/C=C\C=O. The van der Waals surface area contributed by atoms with Gasteiger partial charge in [0.1, 0.15) is 6.29 Å². The standard InChI is InChI=1S/C26H20Br2O/c1-25(16-28)21-12-11-17-7-2-3-8-18(17)23(21)24-20-10-5-4-9-19(20)22(15-27)26(24,25)13-6-14-29/h2-15,24H,16H2,1H3/b13-6-,22-15+/t24-,25+,26-/m0/s1. The van der Waals surface area contributed by atoms with Crippen LogP contribution >= 0.6 is 31.9 Å². The van der Waals surface area contributed by atoms with Gasteiger partial charge in [-0.2, -0.15) is 0 Å². The molecular formula is C26H20Br2O. The molecule has 0 bridgehead atoms. The second-order valence-electron chi connectivity index (χ2n) is 8.12. The number of benzene rings is 3. The summed E-state index contributed by atoms with van der Waals surface area (Å²) in [4.78, 5) is 13.5. The molecule has 5 rings (SSSR count). The molecule has 3 aromatic rings. The van der Waals surface area contributed by atoms with E-state index in [0.29, 0.717) is 0 Å². The quantitative estimate of drug-likeness (QED) is 0.209. The Hall–Kier alpha value is -1.97. The average molecular weight is 508 g/mol. The molecule has 0 fully saturated rings. The predicted octanol–water partition coefficient (Wildman–Crippen LogP) is 7.13. The molecule has 0 aromatic heterocycles. The Morgan fingerprint density at radius 1 is 1.03 bits per heavy atom. The minimum absolute atomic E-state index is 0.155. The molecular weight excluding hydrogens is 488 g/mol. The van der Waals surface area contributed by atoms with Crippen LogP contribution < -0.4 is 0 Å². The molecule has 0 heterocycles. The van der Waals surface area contributed by atoms with Gasteiger partial charge in [-0.05, 0) is 49.7 Å². The van der Waals surface area contributed by atoms with Crippen molar-refractivity contribution in [3.05, 3.63) is 100 Å². The van der Waals surface area contributed by atoms with E-state index in [-0.39, 0.29) is 16.7 Å². The van der Waals surface area contributed by atoms with Gasteiger partial charge in [0.25, 0.3) is 0 Å².